The summed E-state index contributed by atoms with van der Waals surface area (Å²) in [5, 5.41) is 0.496. The second-order valence-electron chi connectivity index (χ2n) is 6.84. The van der Waals surface area contributed by atoms with Crippen molar-refractivity contribution in [2.75, 3.05) is 4.90 Å². The number of anilines is 1. The van der Waals surface area contributed by atoms with Crippen molar-refractivity contribution in [2.45, 2.75) is 20.0 Å². The van der Waals surface area contributed by atoms with E-state index in [1.54, 1.807) is 36.2 Å². The molecule has 0 aliphatic heterocycles. The van der Waals surface area contributed by atoms with E-state index in [1.165, 1.54) is 4.57 Å². The molecule has 0 bridgehead atoms. The fraction of sp³-hybridized carbons (Fsp3) is 0.130. The first-order chi connectivity index (χ1) is 14.5. The molecule has 4 rings (SSSR count). The quantitative estimate of drug-likeness (QED) is 0.447. The Hall–Kier alpha value is -3.32. The van der Waals surface area contributed by atoms with Gasteiger partial charge in [-0.05, 0) is 55.5 Å². The zero-order chi connectivity index (χ0) is 21.1. The van der Waals surface area contributed by atoms with E-state index < -0.39 is 0 Å². The highest BCUT2D eigenvalue weighted by Crippen LogP contribution is 2.21. The molecular formula is C23H19BrN4O2. The first-order valence-corrected chi connectivity index (χ1v) is 10.2. The average molecular weight is 463 g/mol. The minimum absolute atomic E-state index is 0.106. The number of para-hydroxylation sites is 1. The molecular weight excluding hydrogens is 444 g/mol. The van der Waals surface area contributed by atoms with Crippen LogP contribution in [-0.4, -0.2) is 20.4 Å². The lowest BCUT2D eigenvalue weighted by Gasteiger charge is -2.23. The number of hydrogen-bond donors (Lipinski definition) is 0. The average Bonchev–Trinajstić information content (AvgIpc) is 2.76. The molecule has 0 aliphatic carbocycles. The monoisotopic (exact) mass is 462 g/mol. The lowest BCUT2D eigenvalue weighted by Crippen LogP contribution is -2.37. The van der Waals surface area contributed by atoms with Crippen LogP contribution in [0.15, 0.2) is 82.2 Å². The van der Waals surface area contributed by atoms with Gasteiger partial charge in [0.15, 0.2) is 0 Å². The Bertz CT molecular complexity index is 1250. The second-order valence-corrected chi connectivity index (χ2v) is 7.76. The van der Waals surface area contributed by atoms with Gasteiger partial charge in [-0.3, -0.25) is 19.1 Å². The number of halogens is 1. The van der Waals surface area contributed by atoms with Crippen molar-refractivity contribution >= 4 is 38.4 Å². The number of benzene rings is 2. The maximum Gasteiger partial charge on any atom is 0.261 e. The van der Waals surface area contributed by atoms with Crippen LogP contribution in [0.2, 0.25) is 0 Å². The van der Waals surface area contributed by atoms with Gasteiger partial charge in [0.1, 0.15) is 12.4 Å². The lowest BCUT2D eigenvalue weighted by atomic mass is 10.2. The Labute approximate surface area is 182 Å². The van der Waals surface area contributed by atoms with Gasteiger partial charge in [0.25, 0.3) is 5.56 Å². The van der Waals surface area contributed by atoms with Gasteiger partial charge < -0.3 is 4.90 Å². The molecule has 0 saturated heterocycles. The van der Waals surface area contributed by atoms with Crippen molar-refractivity contribution in [2.24, 2.45) is 0 Å². The fourth-order valence-corrected chi connectivity index (χ4v) is 3.55. The number of hydrogen-bond acceptors (Lipinski definition) is 4. The summed E-state index contributed by atoms with van der Waals surface area (Å²) >= 11 is 3.42. The summed E-state index contributed by atoms with van der Waals surface area (Å²) in [6.07, 6.45) is 1.70. The summed E-state index contributed by atoms with van der Waals surface area (Å²) in [5.74, 6) is 0.283. The maximum absolute atomic E-state index is 13.3. The van der Waals surface area contributed by atoms with Gasteiger partial charge in [-0.15, -0.1) is 0 Å². The Morgan fingerprint density at radius 1 is 1.03 bits per heavy atom. The minimum atomic E-state index is -0.222. The highest BCUT2D eigenvalue weighted by atomic mass is 79.9. The summed E-state index contributed by atoms with van der Waals surface area (Å²) in [5.41, 5.74) is 1.89. The molecule has 6 nitrogen and oxygen atoms in total. The van der Waals surface area contributed by atoms with Crippen molar-refractivity contribution in [1.29, 1.82) is 0 Å². The highest BCUT2D eigenvalue weighted by Gasteiger charge is 2.20. The number of carbonyl (C=O) groups is 1. The van der Waals surface area contributed by atoms with Crippen LogP contribution in [0.1, 0.15) is 11.5 Å². The number of fused-ring (bicyclic) bond motifs is 1. The second kappa shape index (κ2) is 8.59. The van der Waals surface area contributed by atoms with Crippen molar-refractivity contribution in [3.05, 3.63) is 99.3 Å². The summed E-state index contributed by atoms with van der Waals surface area (Å²) < 4.78 is 2.34. The van der Waals surface area contributed by atoms with Crippen LogP contribution in [-0.2, 0) is 17.9 Å². The van der Waals surface area contributed by atoms with Gasteiger partial charge in [-0.2, -0.15) is 0 Å². The Kier molecular flexibility index (Phi) is 5.72. The highest BCUT2D eigenvalue weighted by molar-refractivity contribution is 9.10. The molecule has 150 valence electrons. The van der Waals surface area contributed by atoms with E-state index in [-0.39, 0.29) is 18.0 Å². The summed E-state index contributed by atoms with van der Waals surface area (Å²) in [7, 11) is 0. The molecule has 1 amide bonds. The smallest absolute Gasteiger partial charge is 0.261 e. The lowest BCUT2D eigenvalue weighted by molar-refractivity contribution is -0.119. The molecule has 0 N–H and O–H groups in total. The third-order valence-electron chi connectivity index (χ3n) is 4.83. The van der Waals surface area contributed by atoms with Gasteiger partial charge in [-0.25, -0.2) is 4.98 Å². The van der Waals surface area contributed by atoms with Crippen LogP contribution in [0, 0.1) is 6.92 Å². The first kappa shape index (κ1) is 20.0. The normalized spacial score (nSPS) is 10.9. The van der Waals surface area contributed by atoms with E-state index in [2.05, 4.69) is 25.9 Å². The summed E-state index contributed by atoms with van der Waals surface area (Å²) in [6, 6.07) is 20.2. The molecule has 4 aromatic rings. The Morgan fingerprint density at radius 2 is 1.77 bits per heavy atom. The number of aromatic nitrogens is 3. The Morgan fingerprint density at radius 3 is 2.50 bits per heavy atom. The number of carbonyl (C=O) groups excluding carboxylic acids is 1. The van der Waals surface area contributed by atoms with Crippen molar-refractivity contribution in [3.8, 4) is 0 Å². The predicted molar refractivity (Wildman–Crippen MR) is 120 cm³/mol. The van der Waals surface area contributed by atoms with Crippen LogP contribution in [0.3, 0.4) is 0 Å². The fourth-order valence-electron chi connectivity index (χ4n) is 3.28. The molecule has 0 unspecified atom stereocenters. The number of nitrogens with zero attached hydrogens (tertiary/aromatic N) is 4. The van der Waals surface area contributed by atoms with E-state index in [0.717, 1.165) is 15.9 Å². The molecule has 2 heterocycles. The Balaban J connectivity index is 1.71. The summed E-state index contributed by atoms with van der Waals surface area (Å²) in [6.45, 7) is 1.94. The van der Waals surface area contributed by atoms with Gasteiger partial charge in [0.05, 0.1) is 23.1 Å². The van der Waals surface area contributed by atoms with E-state index in [9.17, 15) is 9.59 Å². The molecule has 7 heteroatoms. The molecule has 2 aromatic carbocycles. The van der Waals surface area contributed by atoms with Gasteiger partial charge >= 0.3 is 0 Å². The third kappa shape index (κ3) is 4.16. The molecule has 0 radical (unpaired) electrons. The van der Waals surface area contributed by atoms with Crippen molar-refractivity contribution in [3.63, 3.8) is 0 Å². The van der Waals surface area contributed by atoms with E-state index in [0.29, 0.717) is 23.3 Å². The van der Waals surface area contributed by atoms with E-state index in [4.69, 9.17) is 0 Å². The number of rotatable bonds is 5. The van der Waals surface area contributed by atoms with Crippen molar-refractivity contribution < 1.29 is 4.79 Å². The minimum Gasteiger partial charge on any atom is -0.305 e. The SMILES string of the molecule is Cc1nc2ccccc2c(=O)n1CC(=O)N(Cc1ccccn1)c1ccc(Br)cc1. The van der Waals surface area contributed by atoms with Crippen LogP contribution in [0.4, 0.5) is 5.69 Å². The number of aryl methyl sites for hydroxylation is 1. The van der Waals surface area contributed by atoms with Crippen LogP contribution in [0.5, 0.6) is 0 Å². The predicted octanol–water partition coefficient (Wildman–Crippen LogP) is 4.10. The number of amides is 1. The van der Waals surface area contributed by atoms with Gasteiger partial charge in [0, 0.05) is 16.4 Å². The van der Waals surface area contributed by atoms with E-state index >= 15 is 0 Å². The van der Waals surface area contributed by atoms with Gasteiger partial charge in [0.2, 0.25) is 5.91 Å². The molecule has 0 fully saturated rings. The molecule has 0 atom stereocenters. The van der Waals surface area contributed by atoms with E-state index in [1.807, 2.05) is 48.5 Å². The summed E-state index contributed by atoms with van der Waals surface area (Å²) in [4.78, 5) is 36.8. The molecule has 0 spiro atoms. The molecule has 0 aliphatic rings. The standard InChI is InChI=1S/C23H19BrN4O2/c1-16-26-21-8-3-2-7-20(21)23(30)27(16)15-22(29)28(14-18-6-4-5-13-25-18)19-11-9-17(24)10-12-19/h2-13H,14-15H2,1H3. The van der Waals surface area contributed by atoms with Crippen molar-refractivity contribution in [1.82, 2.24) is 14.5 Å². The zero-order valence-electron chi connectivity index (χ0n) is 16.3. The zero-order valence-corrected chi connectivity index (χ0v) is 17.9. The van der Waals surface area contributed by atoms with Crippen LogP contribution in [0.25, 0.3) is 10.9 Å². The maximum atomic E-state index is 13.3. The number of pyridine rings is 1. The van der Waals surface area contributed by atoms with Gasteiger partial charge in [-0.1, -0.05) is 34.1 Å². The van der Waals surface area contributed by atoms with Crippen LogP contribution < -0.4 is 10.5 Å². The first-order valence-electron chi connectivity index (χ1n) is 9.45. The molecule has 30 heavy (non-hydrogen) atoms. The third-order valence-corrected chi connectivity index (χ3v) is 5.36. The molecule has 0 saturated carbocycles. The van der Waals surface area contributed by atoms with Crippen LogP contribution >= 0.6 is 15.9 Å². The molecule has 2 aromatic heterocycles. The largest absolute Gasteiger partial charge is 0.305 e. The topological polar surface area (TPSA) is 68.1 Å².